The van der Waals surface area contributed by atoms with Gasteiger partial charge in [0.05, 0.1) is 44.7 Å². The standard InChI is InChI=1S/C35H39N3O5/c1-4-28-32(34(39)37-29-15-14-27(40-2)22-31(29)41-3)30-16-17-35(28,43-30)33(36-26-8-6-5-7-9-26)25-12-10-24(11-13-25)23-38-18-20-42-21-19-38/h5-17,22,30,33,36H,4,18-21,23H2,1-3H3,(H,37,39). The molecule has 8 heteroatoms. The molecule has 6 rings (SSSR count). The highest BCUT2D eigenvalue weighted by molar-refractivity contribution is 6.07. The SMILES string of the molecule is CCC1=C(C(=O)Nc2ccc(OC)cc2OC)C2C=CC1(C(Nc1ccccc1)c1ccc(CN3CCOCC3)cc1)O2. The summed E-state index contributed by atoms with van der Waals surface area (Å²) in [6, 6.07) is 24.0. The summed E-state index contributed by atoms with van der Waals surface area (Å²) in [5, 5.41) is 6.83. The van der Waals surface area contributed by atoms with Gasteiger partial charge in [-0.2, -0.15) is 0 Å². The topological polar surface area (TPSA) is 81.3 Å². The lowest BCUT2D eigenvalue weighted by Crippen LogP contribution is -2.40. The third-order valence-corrected chi connectivity index (χ3v) is 8.51. The second-order valence-electron chi connectivity index (χ2n) is 11.0. The van der Waals surface area contributed by atoms with Crippen molar-refractivity contribution >= 4 is 17.3 Å². The van der Waals surface area contributed by atoms with Crippen LogP contribution in [-0.2, 0) is 20.8 Å². The molecule has 224 valence electrons. The second kappa shape index (κ2) is 12.6. The highest BCUT2D eigenvalue weighted by atomic mass is 16.5. The van der Waals surface area contributed by atoms with Gasteiger partial charge in [0.15, 0.2) is 0 Å². The molecule has 0 aromatic heterocycles. The predicted octanol–water partition coefficient (Wildman–Crippen LogP) is 5.74. The van der Waals surface area contributed by atoms with Crippen molar-refractivity contribution < 1.29 is 23.7 Å². The van der Waals surface area contributed by atoms with Crippen LogP contribution < -0.4 is 20.1 Å². The number of amides is 1. The zero-order valence-corrected chi connectivity index (χ0v) is 25.0. The molecule has 2 bridgehead atoms. The third kappa shape index (κ3) is 5.78. The highest BCUT2D eigenvalue weighted by Gasteiger charge is 2.54. The second-order valence-corrected chi connectivity index (χ2v) is 11.0. The summed E-state index contributed by atoms with van der Waals surface area (Å²) in [6.45, 7) is 6.43. The average molecular weight is 582 g/mol. The molecule has 3 atom stereocenters. The first kappa shape index (κ1) is 29.0. The van der Waals surface area contributed by atoms with Crippen molar-refractivity contribution in [3.63, 3.8) is 0 Å². The molecule has 1 amide bonds. The van der Waals surface area contributed by atoms with Crippen molar-refractivity contribution in [2.75, 3.05) is 51.2 Å². The number of para-hydroxylation sites is 1. The van der Waals surface area contributed by atoms with Crippen LogP contribution in [0.5, 0.6) is 11.5 Å². The van der Waals surface area contributed by atoms with Crippen LogP contribution in [0.15, 0.2) is 96.1 Å². The molecule has 8 nitrogen and oxygen atoms in total. The van der Waals surface area contributed by atoms with Gasteiger partial charge >= 0.3 is 0 Å². The van der Waals surface area contributed by atoms with Crippen molar-refractivity contribution in [1.82, 2.24) is 4.90 Å². The van der Waals surface area contributed by atoms with Gasteiger partial charge in [0.25, 0.3) is 5.91 Å². The van der Waals surface area contributed by atoms with Crippen LogP contribution in [-0.4, -0.2) is 63.0 Å². The molecule has 3 aromatic rings. The number of methoxy groups -OCH3 is 2. The van der Waals surface area contributed by atoms with Gasteiger partial charge in [-0.25, -0.2) is 0 Å². The fraction of sp³-hybridized carbons (Fsp3) is 0.343. The summed E-state index contributed by atoms with van der Waals surface area (Å²) >= 11 is 0. The minimum Gasteiger partial charge on any atom is -0.497 e. The number of morpholine rings is 1. The molecule has 0 spiro atoms. The summed E-state index contributed by atoms with van der Waals surface area (Å²) in [4.78, 5) is 16.3. The molecule has 0 aliphatic carbocycles. The van der Waals surface area contributed by atoms with E-state index in [1.807, 2.05) is 24.3 Å². The van der Waals surface area contributed by atoms with E-state index in [2.05, 4.69) is 64.9 Å². The summed E-state index contributed by atoms with van der Waals surface area (Å²) in [7, 11) is 3.17. The fourth-order valence-corrected chi connectivity index (χ4v) is 6.36. The maximum absolute atomic E-state index is 13.9. The molecular weight excluding hydrogens is 542 g/mol. The van der Waals surface area contributed by atoms with Gasteiger partial charge < -0.3 is 29.6 Å². The number of fused-ring (bicyclic) bond motifs is 2. The molecule has 3 aliphatic rings. The van der Waals surface area contributed by atoms with Crippen molar-refractivity contribution in [1.29, 1.82) is 0 Å². The largest absolute Gasteiger partial charge is 0.497 e. The minimum absolute atomic E-state index is 0.198. The van der Waals surface area contributed by atoms with E-state index in [1.165, 1.54) is 5.56 Å². The Hall–Kier alpha value is -4.11. The lowest BCUT2D eigenvalue weighted by Gasteiger charge is -2.37. The van der Waals surface area contributed by atoms with Crippen LogP contribution in [0.4, 0.5) is 11.4 Å². The maximum atomic E-state index is 13.9. The molecule has 43 heavy (non-hydrogen) atoms. The van der Waals surface area contributed by atoms with Gasteiger partial charge in [0.2, 0.25) is 0 Å². The number of hydrogen-bond acceptors (Lipinski definition) is 7. The minimum atomic E-state index is -0.822. The van der Waals surface area contributed by atoms with Crippen LogP contribution in [0.1, 0.15) is 30.5 Å². The first-order chi connectivity index (χ1) is 21.0. The highest BCUT2D eigenvalue weighted by Crippen LogP contribution is 2.52. The lowest BCUT2D eigenvalue weighted by molar-refractivity contribution is -0.113. The van der Waals surface area contributed by atoms with Crippen molar-refractivity contribution in [2.45, 2.75) is 37.6 Å². The zero-order chi connectivity index (χ0) is 29.8. The van der Waals surface area contributed by atoms with E-state index in [0.29, 0.717) is 29.2 Å². The van der Waals surface area contributed by atoms with Crippen molar-refractivity contribution in [2.24, 2.45) is 0 Å². The Morgan fingerprint density at radius 2 is 1.79 bits per heavy atom. The Morgan fingerprint density at radius 3 is 2.49 bits per heavy atom. The van der Waals surface area contributed by atoms with Crippen molar-refractivity contribution in [3.8, 4) is 11.5 Å². The van der Waals surface area contributed by atoms with E-state index in [-0.39, 0.29) is 11.9 Å². The van der Waals surface area contributed by atoms with Gasteiger partial charge in [0, 0.05) is 31.4 Å². The Labute approximate surface area is 253 Å². The van der Waals surface area contributed by atoms with E-state index >= 15 is 0 Å². The van der Waals surface area contributed by atoms with E-state index in [9.17, 15) is 4.79 Å². The smallest absolute Gasteiger partial charge is 0.254 e. The zero-order valence-electron chi connectivity index (χ0n) is 25.0. The molecule has 3 aliphatic heterocycles. The lowest BCUT2D eigenvalue weighted by atomic mass is 9.77. The number of nitrogens with one attached hydrogen (secondary N) is 2. The number of hydrogen-bond donors (Lipinski definition) is 2. The molecule has 0 saturated carbocycles. The fourth-order valence-electron chi connectivity index (χ4n) is 6.36. The normalized spacial score (nSPS) is 22.0. The van der Waals surface area contributed by atoms with Crippen molar-refractivity contribution in [3.05, 3.63) is 107 Å². The van der Waals surface area contributed by atoms with Gasteiger partial charge in [-0.15, -0.1) is 0 Å². The van der Waals surface area contributed by atoms with E-state index in [1.54, 1.807) is 32.4 Å². The summed E-state index contributed by atoms with van der Waals surface area (Å²) in [5.74, 6) is 0.983. The van der Waals surface area contributed by atoms with Crippen LogP contribution in [0.25, 0.3) is 0 Å². The summed E-state index contributed by atoms with van der Waals surface area (Å²) in [5.41, 5.74) is 4.70. The summed E-state index contributed by atoms with van der Waals surface area (Å²) in [6.07, 6.45) is 4.35. The molecule has 3 heterocycles. The Balaban J connectivity index is 1.33. The molecule has 3 unspecified atom stereocenters. The van der Waals surface area contributed by atoms with Gasteiger partial charge in [-0.3, -0.25) is 9.69 Å². The molecular formula is C35H39N3O5. The maximum Gasteiger partial charge on any atom is 0.254 e. The third-order valence-electron chi connectivity index (χ3n) is 8.51. The number of rotatable bonds is 11. The molecule has 1 fully saturated rings. The van der Waals surface area contributed by atoms with E-state index in [4.69, 9.17) is 18.9 Å². The van der Waals surface area contributed by atoms with Crippen LogP contribution in [0.2, 0.25) is 0 Å². The number of carbonyl (C=O) groups excluding carboxylic acids is 1. The summed E-state index contributed by atoms with van der Waals surface area (Å²) < 4.78 is 23.2. The number of nitrogens with zero attached hydrogens (tertiary/aromatic N) is 1. The van der Waals surface area contributed by atoms with E-state index < -0.39 is 11.7 Å². The number of ether oxygens (including phenoxy) is 4. The monoisotopic (exact) mass is 581 g/mol. The number of carbonyl (C=O) groups is 1. The number of benzene rings is 3. The predicted molar refractivity (Wildman–Crippen MR) is 168 cm³/mol. The first-order valence-corrected chi connectivity index (χ1v) is 14.9. The Kier molecular flexibility index (Phi) is 8.51. The van der Waals surface area contributed by atoms with Crippen LogP contribution >= 0.6 is 0 Å². The molecule has 0 radical (unpaired) electrons. The Bertz CT molecular complexity index is 1500. The first-order valence-electron chi connectivity index (χ1n) is 14.9. The quantitative estimate of drug-likeness (QED) is 0.280. The number of anilines is 2. The van der Waals surface area contributed by atoms with Crippen LogP contribution in [0, 0.1) is 0 Å². The molecule has 1 saturated heterocycles. The average Bonchev–Trinajstić information content (AvgIpc) is 3.63. The van der Waals surface area contributed by atoms with Gasteiger partial charge in [0.1, 0.15) is 23.2 Å². The Morgan fingerprint density at radius 1 is 1.02 bits per heavy atom. The van der Waals surface area contributed by atoms with Gasteiger partial charge in [-0.05, 0) is 53.5 Å². The molecule has 2 N–H and O–H groups in total. The van der Waals surface area contributed by atoms with Crippen LogP contribution in [0.3, 0.4) is 0 Å². The molecule has 3 aromatic carbocycles. The van der Waals surface area contributed by atoms with E-state index in [0.717, 1.165) is 49.7 Å². The van der Waals surface area contributed by atoms with Gasteiger partial charge in [-0.1, -0.05) is 55.5 Å².